The van der Waals surface area contributed by atoms with Gasteiger partial charge in [0.2, 0.25) is 0 Å². The number of nitrogens with one attached hydrogen (secondary N) is 3. The molecule has 0 aliphatic heterocycles. The Kier molecular flexibility index (Phi) is 3.73. The Morgan fingerprint density at radius 2 is 1.80 bits per heavy atom. The van der Waals surface area contributed by atoms with Crippen LogP contribution in [0.25, 0.3) is 0 Å². The minimum atomic E-state index is -1.32. The average Bonchev–Trinajstić information content (AvgIpc) is 2.38. The molecule has 4 N–H and O–H groups in total. The Balaban J connectivity index is 2.26. The van der Waals surface area contributed by atoms with Crippen LogP contribution in [0.2, 0.25) is 0 Å². The van der Waals surface area contributed by atoms with Crippen LogP contribution in [0.4, 0.5) is 0 Å². The van der Waals surface area contributed by atoms with E-state index in [9.17, 15) is 24.3 Å². The molecule has 0 radical (unpaired) electrons. The fraction of sp³-hybridized carbons (Fsp3) is 0.500. The quantitative estimate of drug-likeness (QED) is 0.597. The Morgan fingerprint density at radius 3 is 2.35 bits per heavy atom. The monoisotopic (exact) mass is 281 g/mol. The van der Waals surface area contributed by atoms with Crippen LogP contribution in [0.15, 0.2) is 15.7 Å². The lowest BCUT2D eigenvalue weighted by Gasteiger charge is -2.33. The van der Waals surface area contributed by atoms with Crippen molar-refractivity contribution in [2.75, 3.05) is 0 Å². The van der Waals surface area contributed by atoms with Gasteiger partial charge in [0, 0.05) is 6.07 Å². The van der Waals surface area contributed by atoms with Crippen molar-refractivity contribution in [3.8, 4) is 0 Å². The number of aliphatic carboxylic acids is 1. The van der Waals surface area contributed by atoms with Gasteiger partial charge in [-0.05, 0) is 12.8 Å². The second kappa shape index (κ2) is 5.32. The summed E-state index contributed by atoms with van der Waals surface area (Å²) in [6.45, 7) is 0. The molecule has 108 valence electrons. The van der Waals surface area contributed by atoms with Crippen LogP contribution in [-0.2, 0) is 4.79 Å². The maximum absolute atomic E-state index is 12.0. The van der Waals surface area contributed by atoms with Gasteiger partial charge in [0.15, 0.2) is 0 Å². The molecule has 1 aromatic heterocycles. The van der Waals surface area contributed by atoms with Gasteiger partial charge >= 0.3 is 11.7 Å². The average molecular weight is 281 g/mol. The first kappa shape index (κ1) is 14.0. The first-order valence-corrected chi connectivity index (χ1v) is 6.32. The molecular weight excluding hydrogens is 266 g/mol. The first-order chi connectivity index (χ1) is 9.43. The summed E-state index contributed by atoms with van der Waals surface area (Å²) < 4.78 is 0. The van der Waals surface area contributed by atoms with Gasteiger partial charge in [0.25, 0.3) is 11.5 Å². The molecule has 2 rings (SSSR count). The third kappa shape index (κ3) is 2.79. The van der Waals surface area contributed by atoms with E-state index in [1.54, 1.807) is 0 Å². The lowest BCUT2D eigenvalue weighted by atomic mass is 9.81. The van der Waals surface area contributed by atoms with E-state index in [0.29, 0.717) is 25.7 Å². The molecule has 0 saturated heterocycles. The van der Waals surface area contributed by atoms with E-state index in [4.69, 9.17) is 0 Å². The summed E-state index contributed by atoms with van der Waals surface area (Å²) in [7, 11) is 0. The van der Waals surface area contributed by atoms with Gasteiger partial charge < -0.3 is 15.4 Å². The molecule has 0 spiro atoms. The standard InChI is InChI=1S/C12H15N3O5/c16-8-6-7(13-11(20)14-8)9(17)15-12(10(18)19)4-2-1-3-5-12/h6H,1-5H2,(H,15,17)(H,18,19)(H2,13,14,16,20). The molecule has 1 aromatic rings. The predicted molar refractivity (Wildman–Crippen MR) is 68.6 cm³/mol. The molecule has 1 amide bonds. The van der Waals surface area contributed by atoms with Crippen molar-refractivity contribution in [2.24, 2.45) is 0 Å². The highest BCUT2D eigenvalue weighted by molar-refractivity contribution is 5.96. The number of rotatable bonds is 3. The van der Waals surface area contributed by atoms with E-state index in [1.807, 2.05) is 4.98 Å². The zero-order chi connectivity index (χ0) is 14.8. The maximum atomic E-state index is 12.0. The predicted octanol–water partition coefficient (Wildman–Crippen LogP) is -0.420. The molecule has 0 unspecified atom stereocenters. The SMILES string of the molecule is O=C(NC1(C(=O)O)CCCCC1)c1cc(=O)[nH]c(=O)[nH]1. The summed E-state index contributed by atoms with van der Waals surface area (Å²) in [6.07, 6.45) is 3.01. The first-order valence-electron chi connectivity index (χ1n) is 6.32. The number of carbonyl (C=O) groups is 2. The number of carboxylic acid groups (broad SMARTS) is 1. The lowest BCUT2D eigenvalue weighted by molar-refractivity contribution is -0.145. The van der Waals surface area contributed by atoms with Crippen molar-refractivity contribution in [3.63, 3.8) is 0 Å². The van der Waals surface area contributed by atoms with Gasteiger partial charge in [-0.1, -0.05) is 19.3 Å². The molecule has 0 aromatic carbocycles. The number of hydrogen-bond donors (Lipinski definition) is 4. The van der Waals surface area contributed by atoms with Crippen molar-refractivity contribution in [1.29, 1.82) is 0 Å². The topological polar surface area (TPSA) is 132 Å². The second-order valence-electron chi connectivity index (χ2n) is 4.90. The molecule has 1 fully saturated rings. The Labute approximate surface area is 113 Å². The zero-order valence-corrected chi connectivity index (χ0v) is 10.7. The molecule has 1 saturated carbocycles. The zero-order valence-electron chi connectivity index (χ0n) is 10.7. The van der Waals surface area contributed by atoms with Gasteiger partial charge in [-0.15, -0.1) is 0 Å². The van der Waals surface area contributed by atoms with Gasteiger partial charge in [-0.25, -0.2) is 9.59 Å². The van der Waals surface area contributed by atoms with Crippen LogP contribution >= 0.6 is 0 Å². The molecule has 0 bridgehead atoms. The minimum absolute atomic E-state index is 0.245. The van der Waals surface area contributed by atoms with Crippen LogP contribution in [-0.4, -0.2) is 32.5 Å². The Hall–Kier alpha value is -2.38. The number of aromatic nitrogens is 2. The van der Waals surface area contributed by atoms with Crippen molar-refractivity contribution in [2.45, 2.75) is 37.6 Å². The van der Waals surface area contributed by atoms with Crippen LogP contribution in [0.3, 0.4) is 0 Å². The van der Waals surface area contributed by atoms with E-state index in [0.717, 1.165) is 12.5 Å². The van der Waals surface area contributed by atoms with E-state index >= 15 is 0 Å². The number of amides is 1. The number of carboxylic acids is 1. The van der Waals surface area contributed by atoms with Gasteiger partial charge in [0.05, 0.1) is 0 Å². The lowest BCUT2D eigenvalue weighted by Crippen LogP contribution is -2.56. The molecule has 1 aliphatic carbocycles. The Bertz CT molecular complexity index is 611. The van der Waals surface area contributed by atoms with E-state index < -0.39 is 28.7 Å². The number of aromatic amines is 2. The number of carbonyl (C=O) groups excluding carboxylic acids is 1. The summed E-state index contributed by atoms with van der Waals surface area (Å²) >= 11 is 0. The normalized spacial score (nSPS) is 17.4. The minimum Gasteiger partial charge on any atom is -0.480 e. The van der Waals surface area contributed by atoms with Crippen molar-refractivity contribution in [1.82, 2.24) is 15.3 Å². The van der Waals surface area contributed by atoms with Gasteiger partial charge in [0.1, 0.15) is 11.2 Å². The van der Waals surface area contributed by atoms with Crippen molar-refractivity contribution < 1.29 is 14.7 Å². The fourth-order valence-corrected chi connectivity index (χ4v) is 2.42. The molecule has 1 heterocycles. The maximum Gasteiger partial charge on any atom is 0.329 e. The molecule has 8 heteroatoms. The molecule has 8 nitrogen and oxygen atoms in total. The molecule has 0 atom stereocenters. The van der Waals surface area contributed by atoms with Crippen LogP contribution in [0.5, 0.6) is 0 Å². The smallest absolute Gasteiger partial charge is 0.329 e. The van der Waals surface area contributed by atoms with E-state index in [2.05, 4.69) is 10.3 Å². The molecule has 1 aliphatic rings. The fourth-order valence-electron chi connectivity index (χ4n) is 2.42. The van der Waals surface area contributed by atoms with Crippen LogP contribution < -0.4 is 16.6 Å². The van der Waals surface area contributed by atoms with Crippen LogP contribution in [0, 0.1) is 0 Å². The summed E-state index contributed by atoms with van der Waals surface area (Å²) in [5, 5.41) is 11.8. The van der Waals surface area contributed by atoms with Crippen LogP contribution in [0.1, 0.15) is 42.6 Å². The highest BCUT2D eigenvalue weighted by Gasteiger charge is 2.41. The molecular formula is C12H15N3O5. The summed E-state index contributed by atoms with van der Waals surface area (Å²) in [6, 6.07) is 0.926. The molecule has 20 heavy (non-hydrogen) atoms. The summed E-state index contributed by atoms with van der Waals surface area (Å²) in [5.74, 6) is -1.87. The highest BCUT2D eigenvalue weighted by atomic mass is 16.4. The summed E-state index contributed by atoms with van der Waals surface area (Å²) in [5.41, 5.74) is -3.10. The van der Waals surface area contributed by atoms with Gasteiger partial charge in [-0.2, -0.15) is 0 Å². The Morgan fingerprint density at radius 1 is 1.15 bits per heavy atom. The van der Waals surface area contributed by atoms with E-state index in [1.165, 1.54) is 0 Å². The number of hydrogen-bond acceptors (Lipinski definition) is 4. The highest BCUT2D eigenvalue weighted by Crippen LogP contribution is 2.28. The van der Waals surface area contributed by atoms with E-state index in [-0.39, 0.29) is 5.69 Å². The third-order valence-corrected chi connectivity index (χ3v) is 3.47. The van der Waals surface area contributed by atoms with Gasteiger partial charge in [-0.3, -0.25) is 14.6 Å². The number of H-pyrrole nitrogens is 2. The largest absolute Gasteiger partial charge is 0.480 e. The van der Waals surface area contributed by atoms with Crippen molar-refractivity contribution >= 4 is 11.9 Å². The third-order valence-electron chi connectivity index (χ3n) is 3.47. The summed E-state index contributed by atoms with van der Waals surface area (Å²) in [4.78, 5) is 49.8. The van der Waals surface area contributed by atoms with Crippen molar-refractivity contribution in [3.05, 3.63) is 32.6 Å². The second-order valence-corrected chi connectivity index (χ2v) is 4.90.